The Balaban J connectivity index is 0.000000271. The van der Waals surface area contributed by atoms with Crippen LogP contribution in [0.25, 0.3) is 39.6 Å². The van der Waals surface area contributed by atoms with Crippen LogP contribution in [-0.4, -0.2) is 43.1 Å². The maximum absolute atomic E-state index is 13.1. The summed E-state index contributed by atoms with van der Waals surface area (Å²) < 4.78 is 49.2. The monoisotopic (exact) mass is 1180 g/mol. The molecule has 6 aromatic heterocycles. The van der Waals surface area contributed by atoms with Crippen LogP contribution >= 0.6 is 23.6 Å². The Labute approximate surface area is 475 Å². The number of rotatable bonds is 15. The van der Waals surface area contributed by atoms with Gasteiger partial charge in [0.15, 0.2) is 0 Å². The molecule has 0 aliphatic rings. The Morgan fingerprint density at radius 1 is 0.667 bits per heavy atom. The van der Waals surface area contributed by atoms with Gasteiger partial charge in [-0.15, -0.1) is 11.3 Å². The summed E-state index contributed by atoms with van der Waals surface area (Å²) in [5, 5.41) is 15.5. The van der Waals surface area contributed by atoms with Crippen molar-refractivity contribution in [2.75, 3.05) is 4.90 Å². The molecule has 0 amide bonds. The third kappa shape index (κ3) is 17.2. The van der Waals surface area contributed by atoms with Crippen LogP contribution in [-0.2, 0) is 52.5 Å². The minimum absolute atomic E-state index is 0. The number of alkyl halides is 3. The molecule has 402 valence electrons. The van der Waals surface area contributed by atoms with Crippen LogP contribution in [0.3, 0.4) is 0 Å². The predicted octanol–water partition coefficient (Wildman–Crippen LogP) is 15.0. The number of pyridine rings is 4. The Kier molecular flexibility index (Phi) is 22.2. The summed E-state index contributed by atoms with van der Waals surface area (Å²) in [7, 11) is 0. The molecule has 0 radical (unpaired) electrons. The molecule has 0 bridgehead atoms. The van der Waals surface area contributed by atoms with Crippen molar-refractivity contribution < 1.29 is 51.7 Å². The molecule has 0 aliphatic carbocycles. The number of aromatic nitrogens is 6. The number of benzene rings is 2. The van der Waals surface area contributed by atoms with Crippen LogP contribution in [0, 0.1) is 18.8 Å². The number of nitrogens with zero attached hydrogens (tertiary/aromatic N) is 8. The van der Waals surface area contributed by atoms with Crippen LogP contribution < -0.4 is 19.5 Å². The first-order valence-corrected chi connectivity index (χ1v) is 25.8. The van der Waals surface area contributed by atoms with Crippen molar-refractivity contribution in [1.29, 1.82) is 0 Å². The molecule has 0 spiro atoms. The van der Waals surface area contributed by atoms with Gasteiger partial charge >= 0.3 is 25.7 Å². The second-order valence-corrected chi connectivity index (χ2v) is 21.1. The van der Waals surface area contributed by atoms with Crippen LogP contribution in [0.2, 0.25) is 0 Å². The van der Waals surface area contributed by atoms with E-state index >= 15 is 0 Å². The van der Waals surface area contributed by atoms with Crippen LogP contribution in [0.1, 0.15) is 112 Å². The van der Waals surface area contributed by atoms with Crippen molar-refractivity contribution in [3.05, 3.63) is 171 Å². The van der Waals surface area contributed by atoms with E-state index in [0.29, 0.717) is 47.2 Å². The zero-order valence-corrected chi connectivity index (χ0v) is 47.7. The average molecular weight is 1180 g/mol. The van der Waals surface area contributed by atoms with E-state index in [9.17, 15) is 22.8 Å². The summed E-state index contributed by atoms with van der Waals surface area (Å²) in [6, 6.07) is 33.4. The standard InChI is InChI=1S/C30H27N3O4S.C29H30F3N4.CNS.Ru/c1-3-4-5-6-7-23-14-21(2)38-30(23)9-8-22-10-12-31-26(15-22)28-17-25(37-20-35)18-29(33-28)27-16-24(36-19-34)11-13-32-27;1-27(2,3)19-7-11-21(12-8-19)36(22-13-9-20(10-14-22)28(4,5)6)23-15-16-33-24(17-23)25-18-26(35-34-25)29(30,31)32;2-1-3;/h10-20H,3-7H2,1-2H3;7-18H,1-6H3;;/q;2*-1;+2. The molecule has 0 saturated heterocycles. The number of carbonyl (C=O) groups excluding carboxylic acids is 2. The van der Waals surface area contributed by atoms with Crippen molar-refractivity contribution in [2.45, 2.75) is 105 Å². The molecular formula is C60H57F3N8O4RuS2. The van der Waals surface area contributed by atoms with Gasteiger partial charge in [-0.25, -0.2) is 4.98 Å². The molecule has 0 saturated carbocycles. The van der Waals surface area contributed by atoms with Gasteiger partial charge < -0.3 is 30.0 Å². The van der Waals surface area contributed by atoms with E-state index in [2.05, 4.69) is 169 Å². The van der Waals surface area contributed by atoms with Gasteiger partial charge in [0, 0.05) is 64.3 Å². The zero-order chi connectivity index (χ0) is 55.8. The molecule has 0 unspecified atom stereocenters. The minimum Gasteiger partial charge on any atom is -0.753 e. The van der Waals surface area contributed by atoms with Crippen molar-refractivity contribution in [3.63, 3.8) is 0 Å². The van der Waals surface area contributed by atoms with Crippen LogP contribution in [0.15, 0.2) is 128 Å². The number of thiocarbonyl (C=S) groups is 1. The number of carbonyl (C=O) groups is 2. The summed E-state index contributed by atoms with van der Waals surface area (Å²) in [5.41, 5.74) is 8.41. The Morgan fingerprint density at radius 2 is 1.21 bits per heavy atom. The number of unbranched alkanes of at least 4 members (excludes halogenated alkanes) is 3. The van der Waals surface area contributed by atoms with E-state index in [1.54, 1.807) is 54.1 Å². The topological polar surface area (TPSA) is 157 Å². The van der Waals surface area contributed by atoms with Crippen molar-refractivity contribution >= 4 is 58.7 Å². The third-order valence-corrected chi connectivity index (χ3v) is 12.8. The minimum atomic E-state index is -4.56. The molecule has 0 aliphatic heterocycles. The van der Waals surface area contributed by atoms with E-state index in [1.165, 1.54) is 58.6 Å². The van der Waals surface area contributed by atoms with Crippen molar-refractivity contribution in [1.82, 2.24) is 30.1 Å². The van der Waals surface area contributed by atoms with E-state index in [-0.39, 0.29) is 41.8 Å². The van der Waals surface area contributed by atoms with Gasteiger partial charge in [0.25, 0.3) is 12.9 Å². The number of halogens is 3. The molecule has 0 atom stereocenters. The summed E-state index contributed by atoms with van der Waals surface area (Å²) in [5.74, 6) is 7.23. The fourth-order valence-electron chi connectivity index (χ4n) is 7.87. The van der Waals surface area contributed by atoms with Gasteiger partial charge in [-0.3, -0.25) is 24.5 Å². The molecular weight excluding hydrogens is 1120 g/mol. The molecule has 6 heterocycles. The fraction of sp³-hybridized carbons (Fsp3) is 0.267. The van der Waals surface area contributed by atoms with E-state index in [4.69, 9.17) is 14.9 Å². The first-order chi connectivity index (χ1) is 36.7. The summed E-state index contributed by atoms with van der Waals surface area (Å²) in [4.78, 5) is 43.9. The summed E-state index contributed by atoms with van der Waals surface area (Å²) >= 11 is 5.42. The van der Waals surface area contributed by atoms with E-state index < -0.39 is 11.9 Å². The largest absolute Gasteiger partial charge is 2.00 e. The van der Waals surface area contributed by atoms with E-state index in [1.807, 2.05) is 18.2 Å². The molecule has 8 rings (SSSR count). The van der Waals surface area contributed by atoms with Gasteiger partial charge in [0.1, 0.15) is 17.2 Å². The summed E-state index contributed by atoms with van der Waals surface area (Å²) in [6.45, 7) is 18.0. The number of anilines is 3. The molecule has 2 aromatic carbocycles. The number of hydrogen-bond acceptors (Lipinski definition) is 12. The summed E-state index contributed by atoms with van der Waals surface area (Å²) in [6.07, 6.45) is 6.12. The van der Waals surface area contributed by atoms with E-state index in [0.717, 1.165) is 40.0 Å². The molecule has 78 heavy (non-hydrogen) atoms. The third-order valence-electron chi connectivity index (χ3n) is 11.8. The number of hydrogen-bond donors (Lipinski definition) is 0. The zero-order valence-electron chi connectivity index (χ0n) is 44.3. The Morgan fingerprint density at radius 3 is 1.76 bits per heavy atom. The maximum atomic E-state index is 13.1. The number of aryl methyl sites for hydroxylation is 2. The number of isothiocyanates is 1. The number of ether oxygens (including phenoxy) is 2. The Hall–Kier alpha value is -7.54. The normalized spacial score (nSPS) is 11.0. The first-order valence-electron chi connectivity index (χ1n) is 24.6. The molecule has 8 aromatic rings. The SMILES string of the molecule is CC(C)(C)c1ccc(N(c2ccc(C(C)(C)C)cc2)c2ccnc(-c3cc(C(F)(F)F)n[n-]3)c2)cc1.CCCCCCc1cc(C)sc1C#Cc1ccnc(-c2cc(OC=O)cc(-c3cc(OC=O)ccn3)n2)c1.[N-]=C=S.[Ru+2]. The Bertz CT molecular complexity index is 3310. The molecule has 18 heteroatoms. The second-order valence-electron chi connectivity index (χ2n) is 19.6. The fourth-order valence-corrected chi connectivity index (χ4v) is 8.79. The quantitative estimate of drug-likeness (QED) is 0.0239. The van der Waals surface area contributed by atoms with Crippen LogP contribution in [0.4, 0.5) is 30.2 Å². The predicted molar refractivity (Wildman–Crippen MR) is 301 cm³/mol. The molecule has 12 nitrogen and oxygen atoms in total. The van der Waals surface area contributed by atoms with Gasteiger partial charge in [-0.05, 0) is 114 Å². The van der Waals surface area contributed by atoms with Crippen LogP contribution in [0.5, 0.6) is 11.5 Å². The van der Waals surface area contributed by atoms with Gasteiger partial charge in [0.05, 0.1) is 33.3 Å². The number of thiophene rings is 1. The second kappa shape index (κ2) is 28.2. The van der Waals surface area contributed by atoms with Crippen molar-refractivity contribution in [3.8, 4) is 57.5 Å². The van der Waals surface area contributed by atoms with Gasteiger partial charge in [0.2, 0.25) is 0 Å². The maximum Gasteiger partial charge on any atom is 2.00 e. The average Bonchev–Trinajstić information content (AvgIpc) is 4.07. The molecule has 0 fully saturated rings. The van der Waals surface area contributed by atoms with Crippen molar-refractivity contribution in [2.24, 2.45) is 0 Å². The molecule has 0 N–H and O–H groups in total. The van der Waals surface area contributed by atoms with Gasteiger partial charge in [-0.2, -0.15) is 18.3 Å². The van der Waals surface area contributed by atoms with Gasteiger partial charge in [-0.1, -0.05) is 122 Å². The first kappa shape index (κ1) is 61.3. The smallest absolute Gasteiger partial charge is 0.753 e.